The van der Waals surface area contributed by atoms with Gasteiger partial charge in [-0.15, -0.1) is 0 Å². The average molecular weight is 336 g/mol. The Kier molecular flexibility index (Phi) is 5.23. The summed E-state index contributed by atoms with van der Waals surface area (Å²) in [6.07, 6.45) is 1.21. The zero-order valence-corrected chi connectivity index (χ0v) is 14.1. The molecule has 1 aliphatic heterocycles. The van der Waals surface area contributed by atoms with Gasteiger partial charge in [0.25, 0.3) is 5.91 Å². The number of hydrogen-bond donors (Lipinski definition) is 0. The number of ketones is 1. The van der Waals surface area contributed by atoms with Gasteiger partial charge in [-0.3, -0.25) is 9.59 Å². The van der Waals surface area contributed by atoms with Gasteiger partial charge < -0.3 is 4.74 Å². The van der Waals surface area contributed by atoms with Crippen LogP contribution in [0.5, 0.6) is 5.75 Å². The van der Waals surface area contributed by atoms with E-state index in [1.165, 1.54) is 5.01 Å². The Morgan fingerprint density at radius 3 is 2.48 bits per heavy atom. The van der Waals surface area contributed by atoms with Crippen LogP contribution < -0.4 is 4.74 Å². The fourth-order valence-electron chi connectivity index (χ4n) is 2.63. The maximum Gasteiger partial charge on any atom is 0.280 e. The van der Waals surface area contributed by atoms with Crippen LogP contribution in [0.3, 0.4) is 0 Å². The van der Waals surface area contributed by atoms with E-state index in [2.05, 4.69) is 5.10 Å². The van der Waals surface area contributed by atoms with Gasteiger partial charge in [0, 0.05) is 18.4 Å². The van der Waals surface area contributed by atoms with Crippen molar-refractivity contribution in [1.82, 2.24) is 5.01 Å². The van der Waals surface area contributed by atoms with Crippen molar-refractivity contribution in [3.63, 3.8) is 0 Å². The highest BCUT2D eigenvalue weighted by molar-refractivity contribution is 6.02. The maximum atomic E-state index is 12.3. The van der Waals surface area contributed by atoms with Crippen molar-refractivity contribution < 1.29 is 14.3 Å². The molecule has 25 heavy (non-hydrogen) atoms. The highest BCUT2D eigenvalue weighted by Gasteiger charge is 2.21. The molecule has 128 valence electrons. The summed E-state index contributed by atoms with van der Waals surface area (Å²) < 4.78 is 5.52. The van der Waals surface area contributed by atoms with E-state index in [1.54, 1.807) is 24.3 Å². The summed E-state index contributed by atoms with van der Waals surface area (Å²) in [7, 11) is 0. The zero-order valence-electron chi connectivity index (χ0n) is 14.1. The summed E-state index contributed by atoms with van der Waals surface area (Å²) in [5.74, 6) is 0.467. The molecule has 1 heterocycles. The minimum Gasteiger partial charge on any atom is -0.484 e. The smallest absolute Gasteiger partial charge is 0.280 e. The summed E-state index contributed by atoms with van der Waals surface area (Å²) in [6, 6.07) is 16.7. The molecular formula is C20H20N2O3. The molecule has 0 N–H and O–H groups in total. The van der Waals surface area contributed by atoms with Gasteiger partial charge in [0.05, 0.1) is 12.3 Å². The molecule has 0 aliphatic carbocycles. The standard InChI is InChI=1S/C20H20N2O3/c1-2-19(23)16-8-10-17(11-9-16)25-14-20(24)22-13-12-18(21-22)15-6-4-3-5-7-15/h3-11H,2,12-14H2,1H3. The van der Waals surface area contributed by atoms with Crippen molar-refractivity contribution in [2.45, 2.75) is 19.8 Å². The number of ether oxygens (including phenoxy) is 1. The van der Waals surface area contributed by atoms with Crippen LogP contribution in [0, 0.1) is 0 Å². The molecule has 2 aromatic rings. The minimum absolute atomic E-state index is 0.0767. The van der Waals surface area contributed by atoms with Gasteiger partial charge >= 0.3 is 0 Å². The third kappa shape index (κ3) is 4.12. The number of nitrogens with zero attached hydrogens (tertiary/aromatic N) is 2. The van der Waals surface area contributed by atoms with Gasteiger partial charge in [-0.2, -0.15) is 5.10 Å². The first kappa shape index (κ1) is 16.9. The van der Waals surface area contributed by atoms with Crippen molar-refractivity contribution in [3.8, 4) is 5.75 Å². The molecule has 5 heteroatoms. The highest BCUT2D eigenvalue weighted by Crippen LogP contribution is 2.16. The lowest BCUT2D eigenvalue weighted by atomic mass is 10.1. The minimum atomic E-state index is -0.181. The predicted molar refractivity (Wildman–Crippen MR) is 95.9 cm³/mol. The SMILES string of the molecule is CCC(=O)c1ccc(OCC(=O)N2CCC(c3ccccc3)=N2)cc1. The Balaban J connectivity index is 1.56. The predicted octanol–water partition coefficient (Wildman–Crippen LogP) is 3.29. The zero-order chi connectivity index (χ0) is 17.6. The molecule has 0 atom stereocenters. The number of Topliss-reactive ketones (excluding diaryl/α,β-unsaturated/α-hetero) is 1. The first-order valence-corrected chi connectivity index (χ1v) is 8.36. The molecule has 1 aliphatic rings. The molecule has 0 unspecified atom stereocenters. The normalized spacial score (nSPS) is 13.5. The summed E-state index contributed by atoms with van der Waals surface area (Å²) >= 11 is 0. The lowest BCUT2D eigenvalue weighted by molar-refractivity contribution is -0.132. The number of carbonyl (C=O) groups is 2. The average Bonchev–Trinajstić information content (AvgIpc) is 3.17. The van der Waals surface area contributed by atoms with Crippen molar-refractivity contribution in [3.05, 3.63) is 65.7 Å². The van der Waals surface area contributed by atoms with Crippen LogP contribution >= 0.6 is 0 Å². The largest absolute Gasteiger partial charge is 0.484 e. The van der Waals surface area contributed by atoms with E-state index in [4.69, 9.17) is 4.74 Å². The van der Waals surface area contributed by atoms with E-state index in [1.807, 2.05) is 37.3 Å². The lowest BCUT2D eigenvalue weighted by Gasteiger charge is -2.12. The molecule has 1 amide bonds. The van der Waals surface area contributed by atoms with Gasteiger partial charge in [0.15, 0.2) is 12.4 Å². The summed E-state index contributed by atoms with van der Waals surface area (Å²) in [6.45, 7) is 2.31. The molecule has 0 saturated carbocycles. The molecule has 5 nitrogen and oxygen atoms in total. The molecule has 0 bridgehead atoms. The molecule has 0 fully saturated rings. The van der Waals surface area contributed by atoms with Gasteiger partial charge in [0.1, 0.15) is 5.75 Å². The van der Waals surface area contributed by atoms with Crippen molar-refractivity contribution in [1.29, 1.82) is 0 Å². The lowest BCUT2D eigenvalue weighted by Crippen LogP contribution is -2.28. The van der Waals surface area contributed by atoms with Gasteiger partial charge in [-0.1, -0.05) is 37.3 Å². The number of carbonyl (C=O) groups excluding carboxylic acids is 2. The number of hydrazone groups is 1. The highest BCUT2D eigenvalue weighted by atomic mass is 16.5. The van der Waals surface area contributed by atoms with Crippen LogP contribution in [0.1, 0.15) is 35.7 Å². The Labute approximate surface area is 146 Å². The van der Waals surface area contributed by atoms with Crippen molar-refractivity contribution in [2.75, 3.05) is 13.2 Å². The number of amides is 1. The van der Waals surface area contributed by atoms with Gasteiger partial charge in [-0.25, -0.2) is 5.01 Å². The van der Waals surface area contributed by atoms with Crippen LogP contribution in [-0.4, -0.2) is 35.6 Å². The van der Waals surface area contributed by atoms with Crippen LogP contribution in [0.2, 0.25) is 0 Å². The Morgan fingerprint density at radius 2 is 1.80 bits per heavy atom. The fraction of sp³-hybridized carbons (Fsp3) is 0.250. The third-order valence-electron chi connectivity index (χ3n) is 4.06. The first-order valence-electron chi connectivity index (χ1n) is 8.36. The molecule has 0 spiro atoms. The number of benzene rings is 2. The Morgan fingerprint density at radius 1 is 1.08 bits per heavy atom. The van der Waals surface area contributed by atoms with Crippen LogP contribution in [0.4, 0.5) is 0 Å². The van der Waals surface area contributed by atoms with Gasteiger partial charge in [0.2, 0.25) is 0 Å². The second-order valence-corrected chi connectivity index (χ2v) is 5.77. The third-order valence-corrected chi connectivity index (χ3v) is 4.06. The number of rotatable bonds is 6. The van der Waals surface area contributed by atoms with E-state index in [0.717, 1.165) is 17.7 Å². The van der Waals surface area contributed by atoms with E-state index in [-0.39, 0.29) is 18.3 Å². The van der Waals surface area contributed by atoms with Gasteiger partial charge in [-0.05, 0) is 29.8 Å². The van der Waals surface area contributed by atoms with E-state index in [9.17, 15) is 9.59 Å². The van der Waals surface area contributed by atoms with E-state index in [0.29, 0.717) is 24.3 Å². The monoisotopic (exact) mass is 336 g/mol. The molecular weight excluding hydrogens is 316 g/mol. The summed E-state index contributed by atoms with van der Waals surface area (Å²) in [4.78, 5) is 23.9. The molecule has 0 radical (unpaired) electrons. The Bertz CT molecular complexity index is 782. The van der Waals surface area contributed by atoms with Crippen molar-refractivity contribution in [2.24, 2.45) is 5.10 Å². The topological polar surface area (TPSA) is 59.0 Å². The van der Waals surface area contributed by atoms with Crippen LogP contribution in [-0.2, 0) is 4.79 Å². The number of hydrogen-bond acceptors (Lipinski definition) is 4. The van der Waals surface area contributed by atoms with E-state index >= 15 is 0 Å². The first-order chi connectivity index (χ1) is 12.2. The van der Waals surface area contributed by atoms with Crippen LogP contribution in [0.25, 0.3) is 0 Å². The van der Waals surface area contributed by atoms with E-state index < -0.39 is 0 Å². The maximum absolute atomic E-state index is 12.3. The summed E-state index contributed by atoms with van der Waals surface area (Å²) in [5, 5.41) is 5.85. The molecule has 2 aromatic carbocycles. The van der Waals surface area contributed by atoms with Crippen LogP contribution in [0.15, 0.2) is 59.7 Å². The Hall–Kier alpha value is -2.95. The molecule has 3 rings (SSSR count). The molecule has 0 aromatic heterocycles. The fourth-order valence-corrected chi connectivity index (χ4v) is 2.63. The van der Waals surface area contributed by atoms with Crippen molar-refractivity contribution >= 4 is 17.4 Å². The second kappa shape index (κ2) is 7.75. The second-order valence-electron chi connectivity index (χ2n) is 5.77. The quantitative estimate of drug-likeness (QED) is 0.761. The molecule has 0 saturated heterocycles. The summed E-state index contributed by atoms with van der Waals surface area (Å²) in [5.41, 5.74) is 2.60.